The lowest BCUT2D eigenvalue weighted by molar-refractivity contribution is 0.377. The van der Waals surface area contributed by atoms with Gasteiger partial charge in [0, 0.05) is 6.54 Å². The number of nitrogens with zero attached hydrogens (tertiary/aromatic N) is 1. The van der Waals surface area contributed by atoms with Gasteiger partial charge in [0.15, 0.2) is 0 Å². The average molecular weight is 232 g/mol. The molecule has 2 N–H and O–H groups in total. The highest BCUT2D eigenvalue weighted by molar-refractivity contribution is 5.26. The third-order valence-corrected chi connectivity index (χ3v) is 4.07. The summed E-state index contributed by atoms with van der Waals surface area (Å²) >= 11 is 0. The molecule has 0 aromatic heterocycles. The Bertz CT molecular complexity index is 344. The molecule has 0 amide bonds. The summed E-state index contributed by atoms with van der Waals surface area (Å²) < 4.78 is 0. The van der Waals surface area contributed by atoms with E-state index in [9.17, 15) is 0 Å². The van der Waals surface area contributed by atoms with Crippen LogP contribution in [0.1, 0.15) is 30.4 Å². The van der Waals surface area contributed by atoms with Crippen LogP contribution in [0.5, 0.6) is 0 Å². The van der Waals surface area contributed by atoms with E-state index >= 15 is 0 Å². The lowest BCUT2D eigenvalue weighted by atomic mass is 9.86. The zero-order chi connectivity index (χ0) is 12.3. The zero-order valence-corrected chi connectivity index (χ0v) is 11.0. The number of likely N-dealkylation sites (tertiary alicyclic amines) is 1. The van der Waals surface area contributed by atoms with Crippen molar-refractivity contribution in [2.75, 3.05) is 26.7 Å². The molecule has 0 radical (unpaired) electrons. The van der Waals surface area contributed by atoms with Crippen molar-refractivity contribution in [2.24, 2.45) is 11.7 Å². The summed E-state index contributed by atoms with van der Waals surface area (Å²) in [5.74, 6) is 1.49. The lowest BCUT2D eigenvalue weighted by Gasteiger charge is -2.19. The Balaban J connectivity index is 2.01. The molecular weight excluding hydrogens is 208 g/mol. The fourth-order valence-electron chi connectivity index (χ4n) is 2.80. The quantitative estimate of drug-likeness (QED) is 0.862. The minimum absolute atomic E-state index is 0.673. The van der Waals surface area contributed by atoms with E-state index in [1.807, 2.05) is 0 Å². The van der Waals surface area contributed by atoms with Crippen molar-refractivity contribution in [1.29, 1.82) is 0 Å². The van der Waals surface area contributed by atoms with Crippen LogP contribution < -0.4 is 5.73 Å². The first-order chi connectivity index (χ1) is 8.20. The molecular formula is C15H24N2. The van der Waals surface area contributed by atoms with Crippen molar-refractivity contribution in [3.05, 3.63) is 35.4 Å². The highest BCUT2D eigenvalue weighted by Gasteiger charge is 2.25. The van der Waals surface area contributed by atoms with Crippen LogP contribution >= 0.6 is 0 Å². The van der Waals surface area contributed by atoms with Gasteiger partial charge in [0.2, 0.25) is 0 Å². The molecule has 1 heterocycles. The molecule has 0 aliphatic carbocycles. The highest BCUT2D eigenvalue weighted by Crippen LogP contribution is 2.31. The molecule has 1 aromatic carbocycles. The van der Waals surface area contributed by atoms with Gasteiger partial charge >= 0.3 is 0 Å². The number of hydrogen-bond acceptors (Lipinski definition) is 2. The van der Waals surface area contributed by atoms with Gasteiger partial charge in [-0.25, -0.2) is 0 Å². The minimum Gasteiger partial charge on any atom is -0.330 e. The standard InChI is InChI=1S/C15H24N2/c1-12(15-8-10-17(2)11-15)14-5-3-13(4-6-14)7-9-16/h3-6,12,15H,7-11,16H2,1-2H3. The molecule has 1 aliphatic heterocycles. The van der Waals surface area contributed by atoms with Crippen molar-refractivity contribution in [2.45, 2.75) is 25.7 Å². The van der Waals surface area contributed by atoms with Crippen molar-refractivity contribution in [1.82, 2.24) is 4.90 Å². The molecule has 2 heteroatoms. The third-order valence-electron chi connectivity index (χ3n) is 4.07. The molecule has 94 valence electrons. The van der Waals surface area contributed by atoms with Gasteiger partial charge in [-0.1, -0.05) is 31.2 Å². The van der Waals surface area contributed by atoms with Crippen LogP contribution in [0, 0.1) is 5.92 Å². The summed E-state index contributed by atoms with van der Waals surface area (Å²) in [6, 6.07) is 9.04. The zero-order valence-electron chi connectivity index (χ0n) is 11.0. The van der Waals surface area contributed by atoms with E-state index in [4.69, 9.17) is 5.73 Å². The van der Waals surface area contributed by atoms with E-state index in [0.29, 0.717) is 5.92 Å². The molecule has 1 saturated heterocycles. The Kier molecular flexibility index (Phi) is 4.19. The molecule has 1 aliphatic rings. The lowest BCUT2D eigenvalue weighted by Crippen LogP contribution is -2.17. The molecule has 1 fully saturated rings. The smallest absolute Gasteiger partial charge is 0.00128 e. The molecule has 17 heavy (non-hydrogen) atoms. The molecule has 0 saturated carbocycles. The van der Waals surface area contributed by atoms with Crippen LogP contribution in [0.25, 0.3) is 0 Å². The average Bonchev–Trinajstić information content (AvgIpc) is 2.76. The van der Waals surface area contributed by atoms with Crippen molar-refractivity contribution >= 4 is 0 Å². The third kappa shape index (κ3) is 3.08. The van der Waals surface area contributed by atoms with Crippen LogP contribution in [0.3, 0.4) is 0 Å². The summed E-state index contributed by atoms with van der Waals surface area (Å²) in [6.45, 7) is 5.59. The molecule has 2 atom stereocenters. The SMILES string of the molecule is CC(c1ccc(CCN)cc1)C1CCN(C)C1. The summed E-state index contributed by atoms with van der Waals surface area (Å²) in [7, 11) is 2.22. The first-order valence-corrected chi connectivity index (χ1v) is 6.68. The fraction of sp³-hybridized carbons (Fsp3) is 0.600. The molecule has 0 spiro atoms. The first-order valence-electron chi connectivity index (χ1n) is 6.68. The topological polar surface area (TPSA) is 29.3 Å². The number of hydrogen-bond donors (Lipinski definition) is 1. The maximum atomic E-state index is 5.57. The molecule has 0 bridgehead atoms. The normalized spacial score (nSPS) is 22.9. The van der Waals surface area contributed by atoms with E-state index in [1.54, 1.807) is 0 Å². The molecule has 2 rings (SSSR count). The van der Waals surface area contributed by atoms with E-state index < -0.39 is 0 Å². The monoisotopic (exact) mass is 232 g/mol. The summed E-state index contributed by atoms with van der Waals surface area (Å²) in [5, 5.41) is 0. The van der Waals surface area contributed by atoms with Gasteiger partial charge in [0.05, 0.1) is 0 Å². The van der Waals surface area contributed by atoms with Gasteiger partial charge in [0.25, 0.3) is 0 Å². The summed E-state index contributed by atoms with van der Waals surface area (Å²) in [4.78, 5) is 2.43. The largest absolute Gasteiger partial charge is 0.330 e. The maximum absolute atomic E-state index is 5.57. The van der Waals surface area contributed by atoms with Gasteiger partial charge in [0.1, 0.15) is 0 Å². The van der Waals surface area contributed by atoms with E-state index in [-0.39, 0.29) is 0 Å². The second-order valence-corrected chi connectivity index (χ2v) is 5.38. The van der Waals surface area contributed by atoms with Gasteiger partial charge in [-0.05, 0) is 55.9 Å². The van der Waals surface area contributed by atoms with Crippen molar-refractivity contribution < 1.29 is 0 Å². The Labute approximate surface area is 105 Å². The number of benzene rings is 1. The Hall–Kier alpha value is -0.860. The van der Waals surface area contributed by atoms with Gasteiger partial charge in [-0.3, -0.25) is 0 Å². The predicted molar refractivity (Wildman–Crippen MR) is 73.2 cm³/mol. The van der Waals surface area contributed by atoms with Gasteiger partial charge < -0.3 is 10.6 Å². The van der Waals surface area contributed by atoms with Crippen LogP contribution in [-0.4, -0.2) is 31.6 Å². The Morgan fingerprint density at radius 1 is 1.35 bits per heavy atom. The second kappa shape index (κ2) is 5.65. The Morgan fingerprint density at radius 3 is 2.59 bits per heavy atom. The highest BCUT2D eigenvalue weighted by atomic mass is 15.1. The molecule has 1 aromatic rings. The summed E-state index contributed by atoms with van der Waals surface area (Å²) in [5.41, 5.74) is 8.40. The summed E-state index contributed by atoms with van der Waals surface area (Å²) in [6.07, 6.45) is 2.32. The van der Waals surface area contributed by atoms with E-state index in [2.05, 4.69) is 43.1 Å². The Morgan fingerprint density at radius 2 is 2.06 bits per heavy atom. The number of nitrogens with two attached hydrogens (primary N) is 1. The van der Waals surface area contributed by atoms with E-state index in [0.717, 1.165) is 18.9 Å². The van der Waals surface area contributed by atoms with Gasteiger partial charge in [-0.15, -0.1) is 0 Å². The first kappa shape index (κ1) is 12.6. The second-order valence-electron chi connectivity index (χ2n) is 5.38. The molecule has 2 unspecified atom stereocenters. The van der Waals surface area contributed by atoms with E-state index in [1.165, 1.54) is 30.6 Å². The minimum atomic E-state index is 0.673. The van der Waals surface area contributed by atoms with Crippen LogP contribution in [0.15, 0.2) is 24.3 Å². The van der Waals surface area contributed by atoms with Crippen LogP contribution in [0.2, 0.25) is 0 Å². The van der Waals surface area contributed by atoms with Crippen molar-refractivity contribution in [3.8, 4) is 0 Å². The maximum Gasteiger partial charge on any atom is 0.00128 e. The predicted octanol–water partition coefficient (Wildman–Crippen LogP) is 2.24. The van der Waals surface area contributed by atoms with Crippen molar-refractivity contribution in [3.63, 3.8) is 0 Å². The fourth-order valence-corrected chi connectivity index (χ4v) is 2.80. The number of rotatable bonds is 4. The molecule has 2 nitrogen and oxygen atoms in total. The van der Waals surface area contributed by atoms with Gasteiger partial charge in [-0.2, -0.15) is 0 Å². The van der Waals surface area contributed by atoms with Crippen LogP contribution in [-0.2, 0) is 6.42 Å². The van der Waals surface area contributed by atoms with Crippen LogP contribution in [0.4, 0.5) is 0 Å².